The van der Waals surface area contributed by atoms with Crippen LogP contribution in [0.3, 0.4) is 0 Å². The van der Waals surface area contributed by atoms with E-state index in [0.29, 0.717) is 25.4 Å². The van der Waals surface area contributed by atoms with Gasteiger partial charge in [-0.2, -0.15) is 5.26 Å². The number of amides is 2. The van der Waals surface area contributed by atoms with Crippen molar-refractivity contribution in [1.82, 2.24) is 10.2 Å². The van der Waals surface area contributed by atoms with Crippen LogP contribution in [0.5, 0.6) is 0 Å². The SMILES string of the molecule is CC(CNC(=O)Nc1ccc(F)cc1C#N)N1CCOCC1. The van der Waals surface area contributed by atoms with Crippen LogP contribution in [0.15, 0.2) is 18.2 Å². The molecule has 1 saturated heterocycles. The highest BCUT2D eigenvalue weighted by atomic mass is 19.1. The van der Waals surface area contributed by atoms with E-state index in [1.54, 1.807) is 0 Å². The molecule has 2 rings (SSSR count). The van der Waals surface area contributed by atoms with Gasteiger partial charge in [0.2, 0.25) is 0 Å². The van der Waals surface area contributed by atoms with Crippen molar-refractivity contribution < 1.29 is 13.9 Å². The van der Waals surface area contributed by atoms with Crippen LogP contribution in [0, 0.1) is 17.1 Å². The summed E-state index contributed by atoms with van der Waals surface area (Å²) < 4.78 is 18.3. The van der Waals surface area contributed by atoms with Gasteiger partial charge in [0.1, 0.15) is 11.9 Å². The molecule has 1 aliphatic rings. The van der Waals surface area contributed by atoms with Gasteiger partial charge in [-0.3, -0.25) is 4.90 Å². The lowest BCUT2D eigenvalue weighted by Gasteiger charge is -2.32. The molecule has 1 aromatic rings. The summed E-state index contributed by atoms with van der Waals surface area (Å²) in [6, 6.07) is 5.30. The molecule has 1 atom stereocenters. The van der Waals surface area contributed by atoms with Crippen molar-refractivity contribution in [2.24, 2.45) is 0 Å². The molecule has 1 aliphatic heterocycles. The second-order valence-electron chi connectivity index (χ2n) is 5.13. The second kappa shape index (κ2) is 7.73. The van der Waals surface area contributed by atoms with Crippen molar-refractivity contribution in [2.75, 3.05) is 38.2 Å². The molecule has 1 unspecified atom stereocenters. The van der Waals surface area contributed by atoms with E-state index >= 15 is 0 Å². The van der Waals surface area contributed by atoms with Gasteiger partial charge in [-0.1, -0.05) is 0 Å². The van der Waals surface area contributed by atoms with Crippen molar-refractivity contribution >= 4 is 11.7 Å². The van der Waals surface area contributed by atoms with Crippen molar-refractivity contribution in [3.05, 3.63) is 29.6 Å². The zero-order valence-electron chi connectivity index (χ0n) is 12.4. The normalized spacial score (nSPS) is 16.6. The summed E-state index contributed by atoms with van der Waals surface area (Å²) in [5, 5.41) is 14.3. The number of benzene rings is 1. The van der Waals surface area contributed by atoms with Crippen LogP contribution >= 0.6 is 0 Å². The lowest BCUT2D eigenvalue weighted by molar-refractivity contribution is 0.0209. The van der Waals surface area contributed by atoms with E-state index in [2.05, 4.69) is 15.5 Å². The molecule has 0 saturated carbocycles. The number of carbonyl (C=O) groups is 1. The van der Waals surface area contributed by atoms with Crippen LogP contribution in [-0.4, -0.2) is 49.8 Å². The third kappa shape index (κ3) is 4.41. The number of carbonyl (C=O) groups excluding carboxylic acids is 1. The molecule has 0 spiro atoms. The van der Waals surface area contributed by atoms with Crippen LogP contribution in [0.25, 0.3) is 0 Å². The number of halogens is 1. The maximum atomic E-state index is 13.0. The Morgan fingerprint density at radius 1 is 1.50 bits per heavy atom. The van der Waals surface area contributed by atoms with Gasteiger partial charge < -0.3 is 15.4 Å². The largest absolute Gasteiger partial charge is 0.379 e. The number of ether oxygens (including phenoxy) is 1. The Morgan fingerprint density at radius 2 is 2.23 bits per heavy atom. The van der Waals surface area contributed by atoms with Gasteiger partial charge in [0.25, 0.3) is 0 Å². The minimum atomic E-state index is -0.511. The Morgan fingerprint density at radius 3 is 2.91 bits per heavy atom. The Balaban J connectivity index is 1.84. The Hall–Kier alpha value is -2.17. The van der Waals surface area contributed by atoms with E-state index in [-0.39, 0.29) is 11.6 Å². The van der Waals surface area contributed by atoms with Gasteiger partial charge >= 0.3 is 6.03 Å². The number of nitrogens with one attached hydrogen (secondary N) is 2. The lowest BCUT2D eigenvalue weighted by atomic mass is 10.2. The fraction of sp³-hybridized carbons (Fsp3) is 0.467. The standard InChI is InChI=1S/C15H19FN4O2/c1-11(20-4-6-22-7-5-20)10-18-15(21)19-14-3-2-13(16)8-12(14)9-17/h2-3,8,11H,4-7,10H2,1H3,(H2,18,19,21). The van der Waals surface area contributed by atoms with Gasteiger partial charge in [-0.05, 0) is 25.1 Å². The number of nitrogens with zero attached hydrogens (tertiary/aromatic N) is 2. The molecule has 2 amide bonds. The van der Waals surface area contributed by atoms with Gasteiger partial charge in [0.15, 0.2) is 0 Å². The molecular weight excluding hydrogens is 287 g/mol. The molecule has 0 aliphatic carbocycles. The molecule has 6 nitrogen and oxygen atoms in total. The minimum Gasteiger partial charge on any atom is -0.379 e. The molecule has 1 heterocycles. The van der Waals surface area contributed by atoms with E-state index < -0.39 is 11.8 Å². The lowest BCUT2D eigenvalue weighted by Crippen LogP contribution is -2.47. The predicted octanol–water partition coefficient (Wildman–Crippen LogP) is 1.54. The molecule has 0 aromatic heterocycles. The van der Waals surface area contributed by atoms with Crippen LogP contribution in [-0.2, 0) is 4.74 Å². The predicted molar refractivity (Wildman–Crippen MR) is 80.0 cm³/mol. The summed E-state index contributed by atoms with van der Waals surface area (Å²) in [6.45, 7) is 5.62. The zero-order valence-corrected chi connectivity index (χ0v) is 12.4. The quantitative estimate of drug-likeness (QED) is 0.884. The smallest absolute Gasteiger partial charge is 0.319 e. The summed E-state index contributed by atoms with van der Waals surface area (Å²) in [7, 11) is 0. The van der Waals surface area contributed by atoms with E-state index in [1.165, 1.54) is 12.1 Å². The van der Waals surface area contributed by atoms with Gasteiger partial charge in [-0.25, -0.2) is 9.18 Å². The van der Waals surface area contributed by atoms with Crippen molar-refractivity contribution in [1.29, 1.82) is 5.26 Å². The molecule has 0 radical (unpaired) electrons. The number of hydrogen-bond donors (Lipinski definition) is 2. The average Bonchev–Trinajstić information content (AvgIpc) is 2.55. The molecule has 118 valence electrons. The van der Waals surface area contributed by atoms with Crippen molar-refractivity contribution in [3.63, 3.8) is 0 Å². The number of nitriles is 1. The fourth-order valence-electron chi connectivity index (χ4n) is 2.27. The van der Waals surface area contributed by atoms with Gasteiger partial charge in [-0.15, -0.1) is 0 Å². The summed E-state index contributed by atoms with van der Waals surface area (Å²) in [6.07, 6.45) is 0. The average molecular weight is 306 g/mol. The Kier molecular flexibility index (Phi) is 5.69. The fourth-order valence-corrected chi connectivity index (χ4v) is 2.27. The topological polar surface area (TPSA) is 77.4 Å². The van der Waals surface area contributed by atoms with Crippen LogP contribution in [0.1, 0.15) is 12.5 Å². The number of rotatable bonds is 4. The highest BCUT2D eigenvalue weighted by molar-refractivity contribution is 5.90. The van der Waals surface area contributed by atoms with Crippen LogP contribution in [0.4, 0.5) is 14.9 Å². The minimum absolute atomic E-state index is 0.0939. The maximum Gasteiger partial charge on any atom is 0.319 e. The first-order valence-electron chi connectivity index (χ1n) is 7.16. The first-order valence-corrected chi connectivity index (χ1v) is 7.16. The summed E-state index contributed by atoms with van der Waals surface area (Å²) in [4.78, 5) is 14.1. The maximum absolute atomic E-state index is 13.0. The summed E-state index contributed by atoms with van der Waals surface area (Å²) in [5.41, 5.74) is 0.386. The number of morpholine rings is 1. The molecule has 2 N–H and O–H groups in total. The van der Waals surface area contributed by atoms with Crippen molar-refractivity contribution in [2.45, 2.75) is 13.0 Å². The summed E-state index contributed by atoms with van der Waals surface area (Å²) in [5.74, 6) is -0.511. The highest BCUT2D eigenvalue weighted by Crippen LogP contribution is 2.15. The zero-order chi connectivity index (χ0) is 15.9. The van der Waals surface area contributed by atoms with Crippen LogP contribution in [0.2, 0.25) is 0 Å². The molecule has 1 fully saturated rings. The molecule has 7 heteroatoms. The molecule has 0 bridgehead atoms. The van der Waals surface area contributed by atoms with Crippen LogP contribution < -0.4 is 10.6 Å². The van der Waals surface area contributed by atoms with Gasteiger partial charge in [0.05, 0.1) is 24.5 Å². The Bertz CT molecular complexity index is 567. The molecular formula is C15H19FN4O2. The number of hydrogen-bond acceptors (Lipinski definition) is 4. The molecule has 1 aromatic carbocycles. The van der Waals surface area contributed by atoms with Gasteiger partial charge in [0, 0.05) is 25.7 Å². The van der Waals surface area contributed by atoms with E-state index in [4.69, 9.17) is 10.00 Å². The second-order valence-corrected chi connectivity index (χ2v) is 5.13. The molecule has 22 heavy (non-hydrogen) atoms. The number of anilines is 1. The first-order chi connectivity index (χ1) is 10.6. The van der Waals surface area contributed by atoms with Crippen molar-refractivity contribution in [3.8, 4) is 6.07 Å². The monoisotopic (exact) mass is 306 g/mol. The van der Waals surface area contributed by atoms with E-state index in [0.717, 1.165) is 19.2 Å². The van der Waals surface area contributed by atoms with E-state index in [9.17, 15) is 9.18 Å². The van der Waals surface area contributed by atoms with E-state index in [1.807, 2.05) is 13.0 Å². The first kappa shape index (κ1) is 16.2. The Labute approximate surface area is 128 Å². The third-order valence-electron chi connectivity index (χ3n) is 3.58. The summed E-state index contributed by atoms with van der Waals surface area (Å²) >= 11 is 0. The highest BCUT2D eigenvalue weighted by Gasteiger charge is 2.17. The third-order valence-corrected chi connectivity index (χ3v) is 3.58. The number of urea groups is 1.